The molecular weight excluding hydrogens is 583 g/mol. The Morgan fingerprint density at radius 3 is 2.60 bits per heavy atom. The number of aryl methyl sites for hydroxylation is 2. The molecule has 0 aliphatic heterocycles. The van der Waals surface area contributed by atoms with Gasteiger partial charge in [-0.05, 0) is 61.6 Å². The highest BCUT2D eigenvalue weighted by Gasteiger charge is 2.40. The normalized spacial score (nSPS) is 22.0. The monoisotopic (exact) mass is 625 g/mol. The van der Waals surface area contributed by atoms with Gasteiger partial charge < -0.3 is 20.7 Å². The number of halogens is 3. The van der Waals surface area contributed by atoms with Crippen molar-refractivity contribution in [2.45, 2.75) is 70.6 Å². The van der Waals surface area contributed by atoms with Gasteiger partial charge in [-0.15, -0.1) is 0 Å². The van der Waals surface area contributed by atoms with E-state index in [0.29, 0.717) is 23.8 Å². The molecule has 45 heavy (non-hydrogen) atoms. The van der Waals surface area contributed by atoms with Crippen molar-refractivity contribution in [1.82, 2.24) is 25.1 Å². The first kappa shape index (κ1) is 32.6. The fourth-order valence-corrected chi connectivity index (χ4v) is 6.35. The molecule has 1 fully saturated rings. The summed E-state index contributed by atoms with van der Waals surface area (Å²) >= 11 is 0. The minimum absolute atomic E-state index is 0.0760. The third-order valence-electron chi connectivity index (χ3n) is 8.90. The first-order chi connectivity index (χ1) is 21.5. The first-order valence-electron chi connectivity index (χ1n) is 15.6. The van der Waals surface area contributed by atoms with Crippen molar-refractivity contribution in [2.75, 3.05) is 30.9 Å². The van der Waals surface area contributed by atoms with Crippen molar-refractivity contribution in [2.24, 2.45) is 18.9 Å². The number of aromatic nitrogens is 4. The number of alkyl halides is 3. The Kier molecular flexibility index (Phi) is 10.2. The number of nitrogens with zero attached hydrogens (tertiary/aromatic N) is 4. The number of anilines is 2. The number of methoxy groups -OCH3 is 1. The molecule has 2 heterocycles. The van der Waals surface area contributed by atoms with Gasteiger partial charge in [0.2, 0.25) is 11.9 Å². The van der Waals surface area contributed by atoms with Crippen molar-refractivity contribution in [3.63, 3.8) is 0 Å². The Morgan fingerprint density at radius 1 is 1.13 bits per heavy atom. The molecule has 242 valence electrons. The topological polar surface area (TPSA) is 106 Å². The molecule has 1 aromatic carbocycles. The van der Waals surface area contributed by atoms with Crippen LogP contribution in [0.4, 0.5) is 24.9 Å². The van der Waals surface area contributed by atoms with Gasteiger partial charge in [-0.2, -0.15) is 18.3 Å². The summed E-state index contributed by atoms with van der Waals surface area (Å²) in [6.45, 7) is 5.17. The van der Waals surface area contributed by atoms with Gasteiger partial charge in [0.05, 0.1) is 17.8 Å². The van der Waals surface area contributed by atoms with Crippen molar-refractivity contribution in [1.29, 1.82) is 0 Å². The van der Waals surface area contributed by atoms with Gasteiger partial charge >= 0.3 is 6.18 Å². The molecular formula is C33H42F3N7O2. The Labute approximate surface area is 261 Å². The Hall–Kier alpha value is -3.77. The van der Waals surface area contributed by atoms with Crippen molar-refractivity contribution >= 4 is 28.6 Å². The second kappa shape index (κ2) is 14.1. The van der Waals surface area contributed by atoms with Crippen LogP contribution >= 0.6 is 0 Å². The van der Waals surface area contributed by atoms with E-state index in [2.05, 4.69) is 39.0 Å². The lowest BCUT2D eigenvalue weighted by Gasteiger charge is -2.29. The zero-order valence-electron chi connectivity index (χ0n) is 26.2. The van der Waals surface area contributed by atoms with Crippen LogP contribution in [0.2, 0.25) is 0 Å². The number of nitrogens with one attached hydrogen (secondary N) is 3. The van der Waals surface area contributed by atoms with Gasteiger partial charge in [0, 0.05) is 68.0 Å². The van der Waals surface area contributed by atoms with E-state index in [1.165, 1.54) is 13.0 Å². The number of hydrogen-bond donors (Lipinski definition) is 3. The van der Waals surface area contributed by atoms with Crippen LogP contribution in [-0.4, -0.2) is 64.2 Å². The maximum Gasteiger partial charge on any atom is 0.412 e. The summed E-state index contributed by atoms with van der Waals surface area (Å²) in [5.41, 5.74) is 3.03. The minimum Gasteiger partial charge on any atom is -0.383 e. The van der Waals surface area contributed by atoms with Crippen LogP contribution in [0.25, 0.3) is 22.2 Å². The molecule has 9 nitrogen and oxygen atoms in total. The standard InChI is InChI=1S/C33H42F3N7O2/c1-5-21-15-23(16-24-19-38-32(41-31(21)24)39-26-11-9-25(10-12-26)37-13-14-45-4)28-18-29(42-43(28)3)40-30(44)17-22-7-6-8-27(20(22)2)33(34,35)36/h6-8,15-16,18-20,22,25-26,37H,5,9-14,17H2,1-4H3,(H,38,39,41)(H,40,42,44). The molecule has 2 aliphatic rings. The smallest absolute Gasteiger partial charge is 0.383 e. The van der Waals surface area contributed by atoms with Crippen LogP contribution in [-0.2, 0) is 23.0 Å². The summed E-state index contributed by atoms with van der Waals surface area (Å²) in [6, 6.07) is 6.71. The Morgan fingerprint density at radius 2 is 1.89 bits per heavy atom. The van der Waals surface area contributed by atoms with E-state index in [1.54, 1.807) is 31.0 Å². The number of allylic oxidation sites excluding steroid dienone is 4. The lowest BCUT2D eigenvalue weighted by atomic mass is 9.81. The van der Waals surface area contributed by atoms with E-state index < -0.39 is 23.6 Å². The summed E-state index contributed by atoms with van der Waals surface area (Å²) in [5.74, 6) is -0.784. The molecule has 5 rings (SSSR count). The molecule has 0 radical (unpaired) electrons. The van der Waals surface area contributed by atoms with Crippen LogP contribution in [0, 0.1) is 11.8 Å². The largest absolute Gasteiger partial charge is 0.412 e. The maximum absolute atomic E-state index is 13.3. The third kappa shape index (κ3) is 7.91. The Bertz CT molecular complexity index is 1560. The zero-order chi connectivity index (χ0) is 32.1. The fourth-order valence-electron chi connectivity index (χ4n) is 6.35. The average molecular weight is 626 g/mol. The van der Waals surface area contributed by atoms with Crippen LogP contribution < -0.4 is 16.0 Å². The van der Waals surface area contributed by atoms with E-state index in [1.807, 2.05) is 12.3 Å². The highest BCUT2D eigenvalue weighted by molar-refractivity contribution is 5.91. The molecule has 1 saturated carbocycles. The lowest BCUT2D eigenvalue weighted by molar-refractivity contribution is -0.118. The molecule has 0 spiro atoms. The first-order valence-corrected chi connectivity index (χ1v) is 15.6. The molecule has 2 unspecified atom stereocenters. The van der Waals surface area contributed by atoms with Crippen molar-refractivity contribution in [3.8, 4) is 11.3 Å². The highest BCUT2D eigenvalue weighted by atomic mass is 19.4. The molecule has 2 atom stereocenters. The van der Waals surface area contributed by atoms with Crippen molar-refractivity contribution in [3.05, 3.63) is 53.8 Å². The second-order valence-electron chi connectivity index (χ2n) is 12.0. The minimum atomic E-state index is -4.42. The van der Waals surface area contributed by atoms with Crippen LogP contribution in [0.1, 0.15) is 51.5 Å². The van der Waals surface area contributed by atoms with E-state index in [9.17, 15) is 18.0 Å². The van der Waals surface area contributed by atoms with E-state index in [0.717, 1.165) is 79.1 Å². The van der Waals surface area contributed by atoms with Gasteiger partial charge in [0.1, 0.15) is 0 Å². The fraction of sp³-hybridized carbons (Fsp3) is 0.515. The van der Waals surface area contributed by atoms with Gasteiger partial charge in [-0.3, -0.25) is 9.48 Å². The number of carbonyl (C=O) groups is 1. The number of ether oxygens (including phenoxy) is 1. The predicted octanol–water partition coefficient (Wildman–Crippen LogP) is 6.19. The molecule has 0 saturated heterocycles. The van der Waals surface area contributed by atoms with Crippen LogP contribution in [0.15, 0.2) is 48.2 Å². The predicted molar refractivity (Wildman–Crippen MR) is 170 cm³/mol. The molecule has 0 bridgehead atoms. The SMILES string of the molecule is CCc1cc(-c2cc(NC(=O)CC3C=CC=C(C(F)(F)F)C3C)nn2C)cc2cnc(NC3CCC(NCCOC)CC3)nc12. The Balaban J connectivity index is 1.25. The zero-order valence-corrected chi connectivity index (χ0v) is 26.2. The molecule has 3 aromatic rings. The van der Waals surface area contributed by atoms with Crippen molar-refractivity contribution < 1.29 is 22.7 Å². The van der Waals surface area contributed by atoms with Crippen LogP contribution in [0.3, 0.4) is 0 Å². The molecule has 3 N–H and O–H groups in total. The number of carbonyl (C=O) groups excluding carboxylic acids is 1. The highest BCUT2D eigenvalue weighted by Crippen LogP contribution is 2.39. The number of fused-ring (bicyclic) bond motifs is 1. The number of amides is 1. The van der Waals surface area contributed by atoms with E-state index in [-0.39, 0.29) is 12.3 Å². The molecule has 1 amide bonds. The van der Waals surface area contributed by atoms with Crippen LogP contribution in [0.5, 0.6) is 0 Å². The van der Waals surface area contributed by atoms with Gasteiger partial charge in [0.15, 0.2) is 5.82 Å². The summed E-state index contributed by atoms with van der Waals surface area (Å²) in [6.07, 6.45) is 6.51. The second-order valence-corrected chi connectivity index (χ2v) is 12.0. The maximum atomic E-state index is 13.3. The van der Waals surface area contributed by atoms with E-state index in [4.69, 9.17) is 9.72 Å². The summed E-state index contributed by atoms with van der Waals surface area (Å²) in [4.78, 5) is 22.3. The quantitative estimate of drug-likeness (QED) is 0.218. The molecule has 2 aliphatic carbocycles. The molecule has 2 aromatic heterocycles. The van der Waals surface area contributed by atoms with E-state index >= 15 is 0 Å². The summed E-state index contributed by atoms with van der Waals surface area (Å²) in [7, 11) is 3.51. The number of benzene rings is 1. The summed E-state index contributed by atoms with van der Waals surface area (Å²) in [5, 5.41) is 15.2. The number of rotatable bonds is 11. The number of hydrogen-bond acceptors (Lipinski definition) is 7. The van der Waals surface area contributed by atoms with Gasteiger partial charge in [-0.1, -0.05) is 32.1 Å². The lowest BCUT2D eigenvalue weighted by Crippen LogP contribution is -2.38. The van der Waals surface area contributed by atoms with Gasteiger partial charge in [0.25, 0.3) is 0 Å². The molecule has 12 heteroatoms. The average Bonchev–Trinajstić information content (AvgIpc) is 3.37. The van der Waals surface area contributed by atoms with Gasteiger partial charge in [-0.25, -0.2) is 9.97 Å². The third-order valence-corrected chi connectivity index (χ3v) is 8.90. The summed E-state index contributed by atoms with van der Waals surface area (Å²) < 4.78 is 46.9.